The largest absolute Gasteiger partial charge is 1.00 e. The zero-order chi connectivity index (χ0) is 20.4. The predicted molar refractivity (Wildman–Crippen MR) is 114 cm³/mol. The van der Waals surface area contributed by atoms with E-state index in [2.05, 4.69) is 13.8 Å². The molecule has 0 aliphatic heterocycles. The fourth-order valence-corrected chi connectivity index (χ4v) is 4.50. The van der Waals surface area contributed by atoms with Crippen LogP contribution in [-0.2, 0) is 10.1 Å². The molecule has 2 unspecified atom stereocenters. The second kappa shape index (κ2) is 21.7. The number of hydrogen-bond acceptors (Lipinski definition) is 4. The third-order valence-electron chi connectivity index (χ3n) is 5.50. The molecule has 0 bridgehead atoms. The summed E-state index contributed by atoms with van der Waals surface area (Å²) in [6, 6.07) is 0. The number of hydrogen-bond donors (Lipinski definition) is 1. The minimum atomic E-state index is -4.25. The van der Waals surface area contributed by atoms with Crippen LogP contribution in [-0.4, -0.2) is 29.4 Å². The second-order valence-corrected chi connectivity index (χ2v) is 9.82. The Hall–Kier alpha value is 1.51. The van der Waals surface area contributed by atoms with Crippen molar-refractivity contribution in [1.29, 1.82) is 0 Å². The number of unbranched alkanes of at least 4 members (excludes halogenated alkanes) is 12. The van der Waals surface area contributed by atoms with Gasteiger partial charge in [-0.25, -0.2) is 8.42 Å². The molecule has 28 heavy (non-hydrogen) atoms. The van der Waals surface area contributed by atoms with Gasteiger partial charge in [0.05, 0.1) is 16.2 Å². The summed E-state index contributed by atoms with van der Waals surface area (Å²) in [7, 11) is -4.25. The standard InChI is InChI=1S/C22H46O4S.K/c1-3-5-7-9-10-11-12-13-14-15-17-21(23)19-20-22(27(24,25)26)18-16-8-6-4-2;/h21-23H,3-20H2,1-2H3,(H,24,25,26);/q;+1/p-1. The van der Waals surface area contributed by atoms with Crippen molar-refractivity contribution in [2.75, 3.05) is 0 Å². The van der Waals surface area contributed by atoms with E-state index in [9.17, 15) is 18.1 Å². The van der Waals surface area contributed by atoms with Crippen molar-refractivity contribution in [3.8, 4) is 0 Å². The van der Waals surface area contributed by atoms with Gasteiger partial charge in [0.15, 0.2) is 0 Å². The van der Waals surface area contributed by atoms with E-state index >= 15 is 0 Å². The molecule has 0 heterocycles. The van der Waals surface area contributed by atoms with Crippen LogP contribution in [0.3, 0.4) is 0 Å². The second-order valence-electron chi connectivity index (χ2n) is 8.17. The van der Waals surface area contributed by atoms with E-state index in [1.165, 1.54) is 51.4 Å². The molecule has 0 saturated heterocycles. The molecule has 0 aromatic rings. The molecule has 1 N–H and O–H groups in total. The van der Waals surface area contributed by atoms with Gasteiger partial charge in [0.1, 0.15) is 0 Å². The normalized spacial score (nSPS) is 13.9. The molecule has 0 saturated carbocycles. The Balaban J connectivity index is 0. The van der Waals surface area contributed by atoms with E-state index in [1.807, 2.05) is 0 Å². The molecule has 0 fully saturated rings. The van der Waals surface area contributed by atoms with Crippen molar-refractivity contribution in [1.82, 2.24) is 0 Å². The topological polar surface area (TPSA) is 77.4 Å². The van der Waals surface area contributed by atoms with Crippen molar-refractivity contribution >= 4 is 10.1 Å². The first kappa shape index (κ1) is 31.7. The molecule has 4 nitrogen and oxygen atoms in total. The Morgan fingerprint density at radius 2 is 1.04 bits per heavy atom. The van der Waals surface area contributed by atoms with Gasteiger partial charge in [-0.05, 0) is 25.7 Å². The first-order valence-electron chi connectivity index (χ1n) is 11.5. The SMILES string of the molecule is CCCCCCCCCCCCC(O)CCC(CCCCCC)S(=O)(=O)[O-].[K+]. The van der Waals surface area contributed by atoms with Crippen LogP contribution in [0.4, 0.5) is 0 Å². The summed E-state index contributed by atoms with van der Waals surface area (Å²) in [6.07, 6.45) is 18.0. The molecule has 2 atom stereocenters. The molecular formula is C22H45KO4S. The van der Waals surface area contributed by atoms with Crippen LogP contribution in [0.5, 0.6) is 0 Å². The molecule has 0 amide bonds. The smallest absolute Gasteiger partial charge is 0.748 e. The molecule has 0 aromatic heterocycles. The van der Waals surface area contributed by atoms with Crippen LogP contribution in [0.2, 0.25) is 0 Å². The summed E-state index contributed by atoms with van der Waals surface area (Å²) >= 11 is 0. The average Bonchev–Trinajstić information content (AvgIpc) is 2.61. The van der Waals surface area contributed by atoms with Crippen molar-refractivity contribution in [3.63, 3.8) is 0 Å². The summed E-state index contributed by atoms with van der Waals surface area (Å²) in [5, 5.41) is 9.28. The zero-order valence-corrected chi connectivity index (χ0v) is 22.9. The van der Waals surface area contributed by atoms with Gasteiger partial charge in [-0.2, -0.15) is 0 Å². The fraction of sp³-hybridized carbons (Fsp3) is 1.00. The zero-order valence-electron chi connectivity index (χ0n) is 19.0. The molecule has 0 spiro atoms. The fourth-order valence-electron chi connectivity index (χ4n) is 3.62. The Morgan fingerprint density at radius 1 is 0.643 bits per heavy atom. The van der Waals surface area contributed by atoms with Crippen molar-refractivity contribution in [2.24, 2.45) is 0 Å². The summed E-state index contributed by atoms with van der Waals surface area (Å²) in [5.74, 6) is 0. The quantitative estimate of drug-likeness (QED) is 0.177. The first-order chi connectivity index (χ1) is 12.9. The van der Waals surface area contributed by atoms with E-state index in [0.717, 1.165) is 44.9 Å². The summed E-state index contributed by atoms with van der Waals surface area (Å²) in [4.78, 5) is 0. The van der Waals surface area contributed by atoms with Gasteiger partial charge in [0, 0.05) is 5.25 Å². The monoisotopic (exact) mass is 444 g/mol. The molecular weight excluding hydrogens is 399 g/mol. The average molecular weight is 445 g/mol. The van der Waals surface area contributed by atoms with Gasteiger partial charge < -0.3 is 9.66 Å². The third-order valence-corrected chi connectivity index (χ3v) is 6.79. The van der Waals surface area contributed by atoms with Gasteiger partial charge >= 0.3 is 51.4 Å². The third kappa shape index (κ3) is 20.8. The van der Waals surface area contributed by atoms with E-state index < -0.39 is 21.5 Å². The Bertz CT molecular complexity index is 415. The molecule has 0 aliphatic rings. The summed E-state index contributed by atoms with van der Waals surface area (Å²) < 4.78 is 34.2. The van der Waals surface area contributed by atoms with Crippen LogP contribution in [0.1, 0.15) is 129 Å². The Morgan fingerprint density at radius 3 is 1.50 bits per heavy atom. The number of rotatable bonds is 20. The van der Waals surface area contributed by atoms with Gasteiger partial charge in [-0.3, -0.25) is 0 Å². The Labute approximate surface area is 218 Å². The molecule has 0 aromatic carbocycles. The van der Waals surface area contributed by atoms with Crippen LogP contribution in [0.25, 0.3) is 0 Å². The van der Waals surface area contributed by atoms with Crippen LogP contribution >= 0.6 is 0 Å². The molecule has 6 heteroatoms. The van der Waals surface area contributed by atoms with Crippen molar-refractivity contribution in [3.05, 3.63) is 0 Å². The maximum atomic E-state index is 11.4. The van der Waals surface area contributed by atoms with Gasteiger partial charge in [0.25, 0.3) is 0 Å². The summed E-state index contributed by atoms with van der Waals surface area (Å²) in [5.41, 5.74) is 0. The molecule has 164 valence electrons. The van der Waals surface area contributed by atoms with Crippen LogP contribution in [0, 0.1) is 0 Å². The predicted octanol–water partition coefficient (Wildman–Crippen LogP) is 3.33. The van der Waals surface area contributed by atoms with Crippen molar-refractivity contribution < 1.29 is 69.5 Å². The Kier molecular flexibility index (Phi) is 24.6. The van der Waals surface area contributed by atoms with Gasteiger partial charge in [-0.1, -0.05) is 104 Å². The minimum absolute atomic E-state index is 0. The van der Waals surface area contributed by atoms with E-state index in [1.54, 1.807) is 0 Å². The van der Waals surface area contributed by atoms with Crippen LogP contribution < -0.4 is 51.4 Å². The minimum Gasteiger partial charge on any atom is -0.748 e. The maximum Gasteiger partial charge on any atom is 1.00 e. The summed E-state index contributed by atoms with van der Waals surface area (Å²) in [6.45, 7) is 4.34. The van der Waals surface area contributed by atoms with E-state index in [-0.39, 0.29) is 51.4 Å². The van der Waals surface area contributed by atoms with Crippen LogP contribution in [0.15, 0.2) is 0 Å². The van der Waals surface area contributed by atoms with E-state index in [4.69, 9.17) is 0 Å². The van der Waals surface area contributed by atoms with Gasteiger partial charge in [0.2, 0.25) is 0 Å². The number of aliphatic hydroxyl groups excluding tert-OH is 1. The van der Waals surface area contributed by atoms with Gasteiger partial charge in [-0.15, -0.1) is 0 Å². The van der Waals surface area contributed by atoms with Crippen molar-refractivity contribution in [2.45, 2.75) is 141 Å². The maximum absolute atomic E-state index is 11.4. The molecule has 0 aliphatic carbocycles. The molecule has 0 radical (unpaired) electrons. The van der Waals surface area contributed by atoms with E-state index in [0.29, 0.717) is 19.3 Å². The molecule has 0 rings (SSSR count). The number of aliphatic hydroxyl groups is 1. The first-order valence-corrected chi connectivity index (χ1v) is 13.0.